The summed E-state index contributed by atoms with van der Waals surface area (Å²) in [6.07, 6.45) is 8.54. The molecule has 3 nitrogen and oxygen atoms in total. The van der Waals surface area contributed by atoms with Gasteiger partial charge in [0.15, 0.2) is 0 Å². The van der Waals surface area contributed by atoms with Crippen molar-refractivity contribution in [2.75, 3.05) is 19.6 Å². The smallest absolute Gasteiger partial charge is 0.223 e. The summed E-state index contributed by atoms with van der Waals surface area (Å²) in [6.45, 7) is 9.80. The second-order valence-corrected chi connectivity index (χ2v) is 7.71. The van der Waals surface area contributed by atoms with Crippen LogP contribution in [0.2, 0.25) is 0 Å². The molecule has 2 rings (SSSR count). The van der Waals surface area contributed by atoms with Crippen molar-refractivity contribution < 1.29 is 4.79 Å². The Labute approximate surface area is 124 Å². The quantitative estimate of drug-likeness (QED) is 0.704. The van der Waals surface area contributed by atoms with Crippen LogP contribution >= 0.6 is 0 Å². The van der Waals surface area contributed by atoms with Gasteiger partial charge in [-0.15, -0.1) is 0 Å². The van der Waals surface area contributed by atoms with Crippen molar-refractivity contribution in [1.82, 2.24) is 10.6 Å². The van der Waals surface area contributed by atoms with E-state index in [-0.39, 0.29) is 5.41 Å². The van der Waals surface area contributed by atoms with Crippen LogP contribution in [0.3, 0.4) is 0 Å². The molecule has 2 fully saturated rings. The molecule has 0 radical (unpaired) electrons. The minimum Gasteiger partial charge on any atom is -0.355 e. The van der Waals surface area contributed by atoms with Crippen molar-refractivity contribution in [1.29, 1.82) is 0 Å². The number of unbranched alkanes of at least 4 members (excludes halogenated alkanes) is 2. The number of amides is 1. The molecule has 1 unspecified atom stereocenters. The van der Waals surface area contributed by atoms with E-state index in [9.17, 15) is 4.79 Å². The van der Waals surface area contributed by atoms with Crippen LogP contribution in [0, 0.1) is 16.7 Å². The number of carbonyl (C=O) groups excluding carboxylic acids is 1. The lowest BCUT2D eigenvalue weighted by atomic mass is 9.86. The first kappa shape index (κ1) is 15.8. The highest BCUT2D eigenvalue weighted by Gasteiger charge is 2.57. The predicted molar refractivity (Wildman–Crippen MR) is 83.6 cm³/mol. The number of piperidine rings is 1. The fourth-order valence-electron chi connectivity index (χ4n) is 3.59. The van der Waals surface area contributed by atoms with E-state index in [1.807, 2.05) is 0 Å². The van der Waals surface area contributed by atoms with E-state index in [1.54, 1.807) is 0 Å². The highest BCUT2D eigenvalue weighted by Crippen LogP contribution is 2.58. The zero-order valence-corrected chi connectivity index (χ0v) is 13.6. The summed E-state index contributed by atoms with van der Waals surface area (Å²) in [4.78, 5) is 12.3. The molecule has 1 atom stereocenters. The molecular formula is C17H32N2O. The van der Waals surface area contributed by atoms with Gasteiger partial charge in [-0.3, -0.25) is 4.79 Å². The predicted octanol–water partition coefficient (Wildman–Crippen LogP) is 3.10. The van der Waals surface area contributed by atoms with Crippen LogP contribution in [0.4, 0.5) is 0 Å². The van der Waals surface area contributed by atoms with Crippen molar-refractivity contribution in [3.8, 4) is 0 Å². The molecule has 0 bridgehead atoms. The zero-order chi connectivity index (χ0) is 14.6. The van der Waals surface area contributed by atoms with Crippen LogP contribution in [-0.4, -0.2) is 25.5 Å². The Bertz CT molecular complexity index is 332. The van der Waals surface area contributed by atoms with E-state index in [4.69, 9.17) is 0 Å². The van der Waals surface area contributed by atoms with Gasteiger partial charge in [0.2, 0.25) is 5.91 Å². The van der Waals surface area contributed by atoms with Crippen LogP contribution in [0.15, 0.2) is 0 Å². The third-order valence-corrected chi connectivity index (χ3v) is 5.30. The molecular weight excluding hydrogens is 248 g/mol. The second-order valence-electron chi connectivity index (χ2n) is 7.71. The van der Waals surface area contributed by atoms with Crippen molar-refractivity contribution in [3.63, 3.8) is 0 Å². The summed E-state index contributed by atoms with van der Waals surface area (Å²) in [6, 6.07) is 0. The van der Waals surface area contributed by atoms with Gasteiger partial charge in [-0.05, 0) is 49.6 Å². The zero-order valence-electron chi connectivity index (χ0n) is 13.6. The lowest BCUT2D eigenvalue weighted by Crippen LogP contribution is -2.37. The van der Waals surface area contributed by atoms with E-state index in [0.717, 1.165) is 26.1 Å². The topological polar surface area (TPSA) is 41.1 Å². The Hall–Kier alpha value is -0.570. The Morgan fingerprint density at radius 3 is 2.65 bits per heavy atom. The highest BCUT2D eigenvalue weighted by atomic mass is 16.2. The van der Waals surface area contributed by atoms with Gasteiger partial charge < -0.3 is 10.6 Å². The fourth-order valence-corrected chi connectivity index (χ4v) is 3.59. The average Bonchev–Trinajstić information content (AvgIpc) is 3.11. The van der Waals surface area contributed by atoms with Gasteiger partial charge in [0, 0.05) is 12.5 Å². The van der Waals surface area contributed by atoms with E-state index in [2.05, 4.69) is 31.4 Å². The van der Waals surface area contributed by atoms with E-state index >= 15 is 0 Å². The van der Waals surface area contributed by atoms with Gasteiger partial charge in [-0.1, -0.05) is 40.0 Å². The first-order valence-corrected chi connectivity index (χ1v) is 8.48. The van der Waals surface area contributed by atoms with Gasteiger partial charge in [-0.25, -0.2) is 0 Å². The van der Waals surface area contributed by atoms with Crippen molar-refractivity contribution >= 4 is 5.91 Å². The molecule has 0 aromatic carbocycles. The van der Waals surface area contributed by atoms with Gasteiger partial charge >= 0.3 is 0 Å². The van der Waals surface area contributed by atoms with Crippen LogP contribution in [0.5, 0.6) is 0 Å². The van der Waals surface area contributed by atoms with Crippen LogP contribution in [0.1, 0.15) is 65.7 Å². The summed E-state index contributed by atoms with van der Waals surface area (Å²) < 4.78 is 0. The molecule has 2 aliphatic rings. The maximum atomic E-state index is 12.3. The summed E-state index contributed by atoms with van der Waals surface area (Å²) in [5.74, 6) is 0.617. The normalized spacial score (nSPS) is 24.6. The summed E-state index contributed by atoms with van der Waals surface area (Å²) in [5.41, 5.74) is 0.600. The molecule has 116 valence electrons. The van der Waals surface area contributed by atoms with Gasteiger partial charge in [-0.2, -0.15) is 0 Å². The molecule has 20 heavy (non-hydrogen) atoms. The van der Waals surface area contributed by atoms with Crippen LogP contribution < -0.4 is 10.6 Å². The molecule has 1 saturated carbocycles. The lowest BCUT2D eigenvalue weighted by molar-refractivity contribution is -0.123. The van der Waals surface area contributed by atoms with Crippen molar-refractivity contribution in [3.05, 3.63) is 0 Å². The maximum Gasteiger partial charge on any atom is 0.223 e. The Morgan fingerprint density at radius 2 is 2.00 bits per heavy atom. The summed E-state index contributed by atoms with van der Waals surface area (Å²) in [7, 11) is 0. The number of rotatable bonds is 7. The monoisotopic (exact) mass is 280 g/mol. The molecule has 2 N–H and O–H groups in total. The largest absolute Gasteiger partial charge is 0.355 e. The van der Waals surface area contributed by atoms with E-state index in [0.29, 0.717) is 17.2 Å². The first-order valence-electron chi connectivity index (χ1n) is 8.48. The lowest BCUT2D eigenvalue weighted by Gasteiger charge is -2.26. The second kappa shape index (κ2) is 6.46. The van der Waals surface area contributed by atoms with Gasteiger partial charge in [0.25, 0.3) is 0 Å². The third kappa shape index (κ3) is 3.97. The number of carbonyl (C=O) groups is 1. The Morgan fingerprint density at radius 1 is 1.30 bits per heavy atom. The molecule has 1 saturated heterocycles. The van der Waals surface area contributed by atoms with Crippen LogP contribution in [-0.2, 0) is 4.79 Å². The Balaban J connectivity index is 1.70. The SMILES string of the molecule is CCCCCC(C)(C)CNC(=O)C1CC12CCNCC2. The third-order valence-electron chi connectivity index (χ3n) is 5.30. The number of nitrogens with one attached hydrogen (secondary N) is 2. The molecule has 0 aromatic heterocycles. The Kier molecular flexibility index (Phi) is 5.11. The molecule has 1 aliphatic carbocycles. The molecule has 1 amide bonds. The molecule has 1 heterocycles. The standard InChI is InChI=1S/C17H32N2O/c1-4-5-6-7-16(2,3)13-19-15(20)14-12-17(14)8-10-18-11-9-17/h14,18H,4-13H2,1-3H3,(H,19,20). The average molecular weight is 280 g/mol. The number of hydrogen-bond acceptors (Lipinski definition) is 2. The fraction of sp³-hybridized carbons (Fsp3) is 0.941. The summed E-state index contributed by atoms with van der Waals surface area (Å²) in [5, 5.41) is 6.62. The minimum atomic E-state index is 0.237. The molecule has 0 aromatic rings. The minimum absolute atomic E-state index is 0.237. The van der Waals surface area contributed by atoms with Crippen molar-refractivity contribution in [2.45, 2.75) is 65.7 Å². The molecule has 1 aliphatic heterocycles. The van der Waals surface area contributed by atoms with E-state index < -0.39 is 0 Å². The maximum absolute atomic E-state index is 12.3. The molecule has 3 heteroatoms. The molecule has 1 spiro atoms. The van der Waals surface area contributed by atoms with E-state index in [1.165, 1.54) is 38.5 Å². The number of hydrogen-bond donors (Lipinski definition) is 2. The van der Waals surface area contributed by atoms with Gasteiger partial charge in [0.1, 0.15) is 0 Å². The highest BCUT2D eigenvalue weighted by molar-refractivity contribution is 5.82. The summed E-state index contributed by atoms with van der Waals surface area (Å²) >= 11 is 0. The van der Waals surface area contributed by atoms with Gasteiger partial charge in [0.05, 0.1) is 0 Å². The first-order chi connectivity index (χ1) is 9.49. The van der Waals surface area contributed by atoms with Crippen LogP contribution in [0.25, 0.3) is 0 Å². The van der Waals surface area contributed by atoms with Crippen molar-refractivity contribution in [2.24, 2.45) is 16.7 Å².